The highest BCUT2D eigenvalue weighted by Gasteiger charge is 2.15. The van der Waals surface area contributed by atoms with Crippen LogP contribution in [-0.2, 0) is 11.3 Å². The Balaban J connectivity index is 2.05. The number of hydrogen-bond acceptors (Lipinski definition) is 2. The summed E-state index contributed by atoms with van der Waals surface area (Å²) in [6, 6.07) is 12.5. The molecule has 124 valence electrons. The number of methoxy groups -OCH3 is 1. The lowest BCUT2D eigenvalue weighted by Gasteiger charge is -2.20. The zero-order chi connectivity index (χ0) is 16.8. The van der Waals surface area contributed by atoms with E-state index in [0.29, 0.717) is 34.8 Å². The molecular weight excluding hydrogens is 315 g/mol. The zero-order valence-electron chi connectivity index (χ0n) is 13.7. The number of ether oxygens (including phenoxy) is 2. The summed E-state index contributed by atoms with van der Waals surface area (Å²) < 4.78 is 24.7. The lowest BCUT2D eigenvalue weighted by Crippen LogP contribution is -2.12. The van der Waals surface area contributed by atoms with Crippen molar-refractivity contribution in [2.45, 2.75) is 26.4 Å². The van der Waals surface area contributed by atoms with Crippen molar-refractivity contribution in [1.29, 1.82) is 0 Å². The summed E-state index contributed by atoms with van der Waals surface area (Å²) in [6.07, 6.45) is 0. The number of hydrogen-bond donors (Lipinski definition) is 0. The van der Waals surface area contributed by atoms with Crippen molar-refractivity contribution < 1.29 is 13.9 Å². The molecule has 0 aliphatic carbocycles. The molecule has 4 heteroatoms. The van der Waals surface area contributed by atoms with E-state index in [0.717, 1.165) is 0 Å². The fourth-order valence-electron chi connectivity index (χ4n) is 2.49. The van der Waals surface area contributed by atoms with Gasteiger partial charge in [0.25, 0.3) is 0 Å². The molecular formula is C19H22ClFO2. The van der Waals surface area contributed by atoms with Gasteiger partial charge >= 0.3 is 0 Å². The van der Waals surface area contributed by atoms with Crippen molar-refractivity contribution in [1.82, 2.24) is 0 Å². The summed E-state index contributed by atoms with van der Waals surface area (Å²) >= 11 is 6.00. The van der Waals surface area contributed by atoms with Crippen LogP contribution in [0.2, 0.25) is 5.02 Å². The highest BCUT2D eigenvalue weighted by Crippen LogP contribution is 2.27. The topological polar surface area (TPSA) is 18.5 Å². The predicted molar refractivity (Wildman–Crippen MR) is 91.6 cm³/mol. The Kier molecular flexibility index (Phi) is 6.43. The molecule has 0 N–H and O–H groups in total. The van der Waals surface area contributed by atoms with Crippen molar-refractivity contribution >= 4 is 11.6 Å². The Labute approximate surface area is 142 Å². The van der Waals surface area contributed by atoms with Crippen LogP contribution < -0.4 is 4.74 Å². The van der Waals surface area contributed by atoms with Crippen molar-refractivity contribution in [2.75, 3.05) is 13.7 Å². The van der Waals surface area contributed by atoms with Gasteiger partial charge in [0.05, 0.1) is 11.6 Å². The van der Waals surface area contributed by atoms with Crippen LogP contribution in [0.3, 0.4) is 0 Å². The Bertz CT molecular complexity index is 606. The van der Waals surface area contributed by atoms with E-state index in [4.69, 9.17) is 21.1 Å². The van der Waals surface area contributed by atoms with Crippen LogP contribution in [0.25, 0.3) is 0 Å². The van der Waals surface area contributed by atoms with Crippen molar-refractivity contribution in [3.8, 4) is 5.75 Å². The molecule has 1 atom stereocenters. The largest absolute Gasteiger partial charge is 0.489 e. The summed E-state index contributed by atoms with van der Waals surface area (Å²) in [7, 11) is 1.71. The maximum absolute atomic E-state index is 13.7. The monoisotopic (exact) mass is 336 g/mol. The third kappa shape index (κ3) is 4.69. The van der Waals surface area contributed by atoms with Crippen LogP contribution in [0.5, 0.6) is 5.75 Å². The summed E-state index contributed by atoms with van der Waals surface area (Å²) in [5.74, 6) is 1.16. The van der Waals surface area contributed by atoms with Gasteiger partial charge in [0.2, 0.25) is 0 Å². The van der Waals surface area contributed by atoms with Crippen LogP contribution in [0.15, 0.2) is 42.5 Å². The molecule has 0 aliphatic heterocycles. The number of halogens is 2. The van der Waals surface area contributed by atoms with E-state index in [1.165, 1.54) is 11.6 Å². The van der Waals surface area contributed by atoms with Gasteiger partial charge in [0, 0.05) is 18.6 Å². The molecule has 0 heterocycles. The molecule has 2 nitrogen and oxygen atoms in total. The molecule has 0 bridgehead atoms. The van der Waals surface area contributed by atoms with Gasteiger partial charge in [-0.05, 0) is 35.7 Å². The second-order valence-corrected chi connectivity index (χ2v) is 6.27. The molecule has 2 aromatic carbocycles. The minimum Gasteiger partial charge on any atom is -0.489 e. The van der Waals surface area contributed by atoms with E-state index in [1.54, 1.807) is 19.2 Å². The third-order valence-corrected chi connectivity index (χ3v) is 4.26. The molecule has 0 fully saturated rings. The highest BCUT2D eigenvalue weighted by atomic mass is 35.5. The SMILES string of the molecule is COCC(c1ccc(OCc2c(F)cccc2Cl)cc1)C(C)C. The molecule has 0 radical (unpaired) electrons. The van der Waals surface area contributed by atoms with Gasteiger partial charge in [-0.15, -0.1) is 0 Å². The Morgan fingerprint density at radius 3 is 2.35 bits per heavy atom. The maximum Gasteiger partial charge on any atom is 0.131 e. The summed E-state index contributed by atoms with van der Waals surface area (Å²) in [6.45, 7) is 5.14. The molecule has 2 aromatic rings. The fraction of sp³-hybridized carbons (Fsp3) is 0.368. The van der Waals surface area contributed by atoms with Crippen molar-refractivity contribution in [3.05, 3.63) is 64.4 Å². The standard InChI is InChI=1S/C19H22ClFO2/c1-13(2)16(11-22-3)14-7-9-15(10-8-14)23-12-17-18(20)5-4-6-19(17)21/h4-10,13,16H,11-12H2,1-3H3. The molecule has 0 saturated carbocycles. The van der Waals surface area contributed by atoms with Crippen LogP contribution in [-0.4, -0.2) is 13.7 Å². The van der Waals surface area contributed by atoms with Gasteiger partial charge in [-0.1, -0.05) is 43.6 Å². The lowest BCUT2D eigenvalue weighted by atomic mass is 9.89. The first-order valence-electron chi connectivity index (χ1n) is 7.67. The maximum atomic E-state index is 13.7. The van der Waals surface area contributed by atoms with Crippen LogP contribution in [0.4, 0.5) is 4.39 Å². The zero-order valence-corrected chi connectivity index (χ0v) is 14.4. The third-order valence-electron chi connectivity index (χ3n) is 3.90. The van der Waals surface area contributed by atoms with E-state index >= 15 is 0 Å². The average molecular weight is 337 g/mol. The number of benzene rings is 2. The van der Waals surface area contributed by atoms with Gasteiger partial charge in [0.1, 0.15) is 18.2 Å². The molecule has 0 spiro atoms. The Hall–Kier alpha value is -1.58. The van der Waals surface area contributed by atoms with Gasteiger partial charge in [-0.2, -0.15) is 0 Å². The van der Waals surface area contributed by atoms with E-state index in [9.17, 15) is 4.39 Å². The fourth-order valence-corrected chi connectivity index (χ4v) is 2.71. The Morgan fingerprint density at radius 1 is 1.09 bits per heavy atom. The Morgan fingerprint density at radius 2 is 1.78 bits per heavy atom. The second kappa shape index (κ2) is 8.32. The van der Waals surface area contributed by atoms with Crippen LogP contribution in [0.1, 0.15) is 30.9 Å². The summed E-state index contributed by atoms with van der Waals surface area (Å²) in [5, 5.41) is 0.376. The first-order chi connectivity index (χ1) is 11.0. The van der Waals surface area contributed by atoms with E-state index < -0.39 is 0 Å². The molecule has 23 heavy (non-hydrogen) atoms. The van der Waals surface area contributed by atoms with Crippen LogP contribution in [0, 0.1) is 11.7 Å². The average Bonchev–Trinajstić information content (AvgIpc) is 2.52. The normalized spacial score (nSPS) is 12.4. The van der Waals surface area contributed by atoms with Crippen molar-refractivity contribution in [2.24, 2.45) is 5.92 Å². The molecule has 0 aliphatic rings. The van der Waals surface area contributed by atoms with E-state index in [-0.39, 0.29) is 12.4 Å². The summed E-state index contributed by atoms with van der Waals surface area (Å²) in [4.78, 5) is 0. The molecule has 0 amide bonds. The quantitative estimate of drug-likeness (QED) is 0.670. The molecule has 0 saturated heterocycles. The predicted octanol–water partition coefficient (Wildman–Crippen LogP) is 5.44. The molecule has 0 aromatic heterocycles. The smallest absolute Gasteiger partial charge is 0.131 e. The molecule has 1 unspecified atom stereocenters. The number of rotatable bonds is 7. The molecule has 2 rings (SSSR count). The van der Waals surface area contributed by atoms with E-state index in [1.807, 2.05) is 24.3 Å². The van der Waals surface area contributed by atoms with Gasteiger partial charge in [-0.25, -0.2) is 4.39 Å². The van der Waals surface area contributed by atoms with Gasteiger partial charge < -0.3 is 9.47 Å². The minimum absolute atomic E-state index is 0.108. The van der Waals surface area contributed by atoms with Gasteiger partial charge in [-0.3, -0.25) is 0 Å². The second-order valence-electron chi connectivity index (χ2n) is 5.86. The minimum atomic E-state index is -0.353. The first kappa shape index (κ1) is 17.8. The summed E-state index contributed by atoms with van der Waals surface area (Å²) in [5.41, 5.74) is 1.58. The first-order valence-corrected chi connectivity index (χ1v) is 8.05. The van der Waals surface area contributed by atoms with Crippen molar-refractivity contribution in [3.63, 3.8) is 0 Å². The van der Waals surface area contributed by atoms with Crippen LogP contribution >= 0.6 is 11.6 Å². The van der Waals surface area contributed by atoms with Gasteiger partial charge in [0.15, 0.2) is 0 Å². The van der Waals surface area contributed by atoms with E-state index in [2.05, 4.69) is 13.8 Å². The highest BCUT2D eigenvalue weighted by molar-refractivity contribution is 6.31. The lowest BCUT2D eigenvalue weighted by molar-refractivity contribution is 0.162.